The Hall–Kier alpha value is -1.62. The van der Waals surface area contributed by atoms with Crippen LogP contribution in [-0.4, -0.2) is 66.5 Å². The lowest BCUT2D eigenvalue weighted by Crippen LogP contribution is -2.48. The van der Waals surface area contributed by atoms with Gasteiger partial charge in [0.05, 0.1) is 0 Å². The first kappa shape index (κ1) is 14.3. The Balaban J connectivity index is 1.68. The molecule has 5 nitrogen and oxygen atoms in total. The molecule has 0 radical (unpaired) electrons. The van der Waals surface area contributed by atoms with Gasteiger partial charge in [-0.05, 0) is 31.5 Å². The van der Waals surface area contributed by atoms with E-state index in [4.69, 9.17) is 0 Å². The molecule has 0 unspecified atom stereocenters. The SMILES string of the molecule is CCN1CCN(C(=O)c2cccc(N3CCCC3)n2)CC1. The molecule has 1 aromatic rings. The summed E-state index contributed by atoms with van der Waals surface area (Å²) in [6.45, 7) is 8.88. The molecule has 0 spiro atoms. The van der Waals surface area contributed by atoms with Gasteiger partial charge in [-0.25, -0.2) is 4.98 Å². The molecule has 1 aromatic heterocycles. The third-order valence-electron chi connectivity index (χ3n) is 4.49. The van der Waals surface area contributed by atoms with E-state index in [1.807, 2.05) is 23.1 Å². The second kappa shape index (κ2) is 6.43. The van der Waals surface area contributed by atoms with Crippen LogP contribution >= 0.6 is 0 Å². The van der Waals surface area contributed by atoms with Crippen molar-refractivity contribution in [2.24, 2.45) is 0 Å². The van der Waals surface area contributed by atoms with Crippen molar-refractivity contribution >= 4 is 11.7 Å². The van der Waals surface area contributed by atoms with Crippen molar-refractivity contribution < 1.29 is 4.79 Å². The van der Waals surface area contributed by atoms with E-state index in [9.17, 15) is 4.79 Å². The molecular formula is C16H24N4O. The minimum absolute atomic E-state index is 0.0757. The molecule has 0 bridgehead atoms. The van der Waals surface area contributed by atoms with E-state index in [-0.39, 0.29) is 5.91 Å². The number of aromatic nitrogens is 1. The maximum Gasteiger partial charge on any atom is 0.272 e. The standard InChI is InChI=1S/C16H24N4O/c1-2-18-10-12-20(13-11-18)16(21)14-6-5-7-15(17-14)19-8-3-4-9-19/h5-7H,2-4,8-13H2,1H3. The first-order chi connectivity index (χ1) is 10.3. The summed E-state index contributed by atoms with van der Waals surface area (Å²) in [5.74, 6) is 1.03. The predicted molar refractivity (Wildman–Crippen MR) is 83.7 cm³/mol. The van der Waals surface area contributed by atoms with Gasteiger partial charge in [0.15, 0.2) is 0 Å². The Kier molecular flexibility index (Phi) is 4.39. The summed E-state index contributed by atoms with van der Waals surface area (Å²) in [5, 5.41) is 0. The smallest absolute Gasteiger partial charge is 0.272 e. The molecule has 0 atom stereocenters. The zero-order valence-corrected chi connectivity index (χ0v) is 12.8. The average Bonchev–Trinajstić information content (AvgIpc) is 3.09. The Labute approximate surface area is 126 Å². The van der Waals surface area contributed by atoms with Gasteiger partial charge in [0.2, 0.25) is 0 Å². The molecule has 0 aromatic carbocycles. The van der Waals surface area contributed by atoms with Crippen LogP contribution in [0.15, 0.2) is 18.2 Å². The van der Waals surface area contributed by atoms with Crippen molar-refractivity contribution in [1.82, 2.24) is 14.8 Å². The van der Waals surface area contributed by atoms with Gasteiger partial charge < -0.3 is 14.7 Å². The molecule has 2 aliphatic heterocycles. The lowest BCUT2D eigenvalue weighted by atomic mass is 10.2. The minimum Gasteiger partial charge on any atom is -0.357 e. The summed E-state index contributed by atoms with van der Waals surface area (Å²) >= 11 is 0. The van der Waals surface area contributed by atoms with E-state index < -0.39 is 0 Å². The Morgan fingerprint density at radius 1 is 1.10 bits per heavy atom. The molecular weight excluding hydrogens is 264 g/mol. The normalized spacial score (nSPS) is 20.0. The molecule has 0 aliphatic carbocycles. The van der Waals surface area contributed by atoms with Crippen molar-refractivity contribution in [3.63, 3.8) is 0 Å². The topological polar surface area (TPSA) is 39.7 Å². The lowest BCUT2D eigenvalue weighted by molar-refractivity contribution is 0.0637. The highest BCUT2D eigenvalue weighted by molar-refractivity contribution is 5.92. The van der Waals surface area contributed by atoms with Crippen molar-refractivity contribution in [3.05, 3.63) is 23.9 Å². The molecule has 21 heavy (non-hydrogen) atoms. The fourth-order valence-corrected chi connectivity index (χ4v) is 3.09. The molecule has 3 heterocycles. The van der Waals surface area contributed by atoms with Gasteiger partial charge in [0.1, 0.15) is 11.5 Å². The third kappa shape index (κ3) is 3.18. The van der Waals surface area contributed by atoms with E-state index in [0.29, 0.717) is 5.69 Å². The van der Waals surface area contributed by atoms with Crippen LogP contribution in [0.4, 0.5) is 5.82 Å². The van der Waals surface area contributed by atoms with E-state index in [1.165, 1.54) is 12.8 Å². The lowest BCUT2D eigenvalue weighted by Gasteiger charge is -2.33. The van der Waals surface area contributed by atoms with Crippen LogP contribution in [0.25, 0.3) is 0 Å². The number of hydrogen-bond donors (Lipinski definition) is 0. The summed E-state index contributed by atoms with van der Waals surface area (Å²) in [7, 11) is 0. The second-order valence-electron chi connectivity index (χ2n) is 5.80. The fraction of sp³-hybridized carbons (Fsp3) is 0.625. The number of piperazine rings is 1. The quantitative estimate of drug-likeness (QED) is 0.844. The highest BCUT2D eigenvalue weighted by Gasteiger charge is 2.23. The van der Waals surface area contributed by atoms with E-state index in [1.54, 1.807) is 0 Å². The van der Waals surface area contributed by atoms with Gasteiger partial charge in [-0.1, -0.05) is 13.0 Å². The molecule has 2 saturated heterocycles. The van der Waals surface area contributed by atoms with Crippen LogP contribution in [0, 0.1) is 0 Å². The predicted octanol–water partition coefficient (Wildman–Crippen LogP) is 1.46. The zero-order valence-electron chi connectivity index (χ0n) is 12.8. The number of carbonyl (C=O) groups is 1. The van der Waals surface area contributed by atoms with E-state index in [2.05, 4.69) is 21.7 Å². The minimum atomic E-state index is 0.0757. The van der Waals surface area contributed by atoms with Crippen molar-refractivity contribution in [2.45, 2.75) is 19.8 Å². The summed E-state index contributed by atoms with van der Waals surface area (Å²) < 4.78 is 0. The number of nitrogens with zero attached hydrogens (tertiary/aromatic N) is 4. The second-order valence-corrected chi connectivity index (χ2v) is 5.80. The highest BCUT2D eigenvalue weighted by atomic mass is 16.2. The van der Waals surface area contributed by atoms with Gasteiger partial charge in [0, 0.05) is 39.3 Å². The summed E-state index contributed by atoms with van der Waals surface area (Å²) in [4.78, 5) is 23.8. The van der Waals surface area contributed by atoms with Crippen LogP contribution in [0.2, 0.25) is 0 Å². The van der Waals surface area contributed by atoms with Crippen molar-refractivity contribution in [2.75, 3.05) is 50.7 Å². The summed E-state index contributed by atoms with van der Waals surface area (Å²) in [6.07, 6.45) is 2.44. The fourth-order valence-electron chi connectivity index (χ4n) is 3.09. The number of rotatable bonds is 3. The number of carbonyl (C=O) groups excluding carboxylic acids is 1. The van der Waals surface area contributed by atoms with Crippen LogP contribution in [0.3, 0.4) is 0 Å². The number of hydrogen-bond acceptors (Lipinski definition) is 4. The third-order valence-corrected chi connectivity index (χ3v) is 4.49. The molecule has 114 valence electrons. The maximum absolute atomic E-state index is 12.6. The zero-order chi connectivity index (χ0) is 14.7. The van der Waals surface area contributed by atoms with Gasteiger partial charge in [0.25, 0.3) is 5.91 Å². The highest BCUT2D eigenvalue weighted by Crippen LogP contribution is 2.18. The molecule has 2 aliphatic rings. The number of pyridine rings is 1. The molecule has 1 amide bonds. The molecule has 3 rings (SSSR count). The molecule has 2 fully saturated rings. The maximum atomic E-state index is 12.6. The van der Waals surface area contributed by atoms with Gasteiger partial charge in [-0.2, -0.15) is 0 Å². The van der Waals surface area contributed by atoms with Crippen molar-refractivity contribution in [3.8, 4) is 0 Å². The molecule has 0 saturated carbocycles. The van der Waals surface area contributed by atoms with Crippen molar-refractivity contribution in [1.29, 1.82) is 0 Å². The first-order valence-electron chi connectivity index (χ1n) is 8.01. The Morgan fingerprint density at radius 3 is 2.48 bits per heavy atom. The first-order valence-corrected chi connectivity index (χ1v) is 8.01. The van der Waals surface area contributed by atoms with Gasteiger partial charge in [-0.3, -0.25) is 4.79 Å². The molecule has 5 heteroatoms. The number of likely N-dealkylation sites (N-methyl/N-ethyl adjacent to an activating group) is 1. The van der Waals surface area contributed by atoms with E-state index >= 15 is 0 Å². The van der Waals surface area contributed by atoms with Crippen LogP contribution in [0.1, 0.15) is 30.3 Å². The Bertz CT molecular complexity index is 491. The Morgan fingerprint density at radius 2 is 1.81 bits per heavy atom. The number of amides is 1. The average molecular weight is 288 g/mol. The van der Waals surface area contributed by atoms with Crippen LogP contribution < -0.4 is 4.90 Å². The number of anilines is 1. The largest absolute Gasteiger partial charge is 0.357 e. The van der Waals surface area contributed by atoms with Gasteiger partial charge >= 0.3 is 0 Å². The molecule has 0 N–H and O–H groups in total. The summed E-state index contributed by atoms with van der Waals surface area (Å²) in [6, 6.07) is 5.81. The summed E-state index contributed by atoms with van der Waals surface area (Å²) in [5.41, 5.74) is 0.587. The monoisotopic (exact) mass is 288 g/mol. The van der Waals surface area contributed by atoms with Crippen LogP contribution in [-0.2, 0) is 0 Å². The van der Waals surface area contributed by atoms with E-state index in [0.717, 1.165) is 51.6 Å². The van der Waals surface area contributed by atoms with Crippen LogP contribution in [0.5, 0.6) is 0 Å². The van der Waals surface area contributed by atoms with Gasteiger partial charge in [-0.15, -0.1) is 0 Å².